The van der Waals surface area contributed by atoms with Gasteiger partial charge in [0.1, 0.15) is 0 Å². The largest absolute Gasteiger partial charge is 0.355 e. The van der Waals surface area contributed by atoms with Crippen molar-refractivity contribution in [3.8, 4) is 10.6 Å². The molecule has 1 amide bonds. The van der Waals surface area contributed by atoms with Gasteiger partial charge >= 0.3 is 0 Å². The Labute approximate surface area is 126 Å². The number of hydrogen-bond donors (Lipinski definition) is 1. The first-order chi connectivity index (χ1) is 10.3. The Morgan fingerprint density at radius 1 is 1.29 bits per heavy atom. The molecule has 1 N–H and O–H groups in total. The predicted molar refractivity (Wildman–Crippen MR) is 83.6 cm³/mol. The Kier molecular flexibility index (Phi) is 3.83. The minimum Gasteiger partial charge on any atom is -0.355 e. The zero-order valence-corrected chi connectivity index (χ0v) is 12.3. The number of amides is 1. The standard InChI is InChI=1S/C16H14N2O2S/c1-2-11-5-3-6-12(9-11)17-16(19)13-10-14(20-18-13)15-7-4-8-21-15/h3-10H,2H2,1H3,(H,17,19). The van der Waals surface area contributed by atoms with Crippen LogP contribution in [0.15, 0.2) is 52.4 Å². The van der Waals surface area contributed by atoms with Crippen molar-refractivity contribution in [2.24, 2.45) is 0 Å². The van der Waals surface area contributed by atoms with Gasteiger partial charge in [-0.1, -0.05) is 30.3 Å². The van der Waals surface area contributed by atoms with Crippen molar-refractivity contribution >= 4 is 22.9 Å². The number of hydrogen-bond acceptors (Lipinski definition) is 4. The number of carbonyl (C=O) groups is 1. The molecule has 1 aromatic carbocycles. The van der Waals surface area contributed by atoms with Gasteiger partial charge in [0.05, 0.1) is 4.88 Å². The van der Waals surface area contributed by atoms with Crippen molar-refractivity contribution in [2.75, 3.05) is 5.32 Å². The normalized spacial score (nSPS) is 10.5. The maximum absolute atomic E-state index is 12.2. The fourth-order valence-corrected chi connectivity index (χ4v) is 2.65. The van der Waals surface area contributed by atoms with Gasteiger partial charge < -0.3 is 9.84 Å². The third-order valence-electron chi connectivity index (χ3n) is 3.10. The Hall–Kier alpha value is -2.40. The molecule has 21 heavy (non-hydrogen) atoms. The summed E-state index contributed by atoms with van der Waals surface area (Å²) in [4.78, 5) is 13.1. The van der Waals surface area contributed by atoms with E-state index in [0.29, 0.717) is 5.76 Å². The summed E-state index contributed by atoms with van der Waals surface area (Å²) in [6.07, 6.45) is 0.927. The summed E-state index contributed by atoms with van der Waals surface area (Å²) < 4.78 is 5.21. The van der Waals surface area contributed by atoms with Gasteiger partial charge in [-0.2, -0.15) is 0 Å². The molecule has 5 heteroatoms. The van der Waals surface area contributed by atoms with E-state index in [1.165, 1.54) is 5.56 Å². The van der Waals surface area contributed by atoms with Crippen LogP contribution >= 0.6 is 11.3 Å². The number of nitrogens with one attached hydrogen (secondary N) is 1. The number of benzene rings is 1. The minimum atomic E-state index is -0.269. The number of aryl methyl sites for hydroxylation is 1. The molecule has 2 aromatic heterocycles. The molecule has 0 saturated heterocycles. The second kappa shape index (κ2) is 5.93. The van der Waals surface area contributed by atoms with Crippen LogP contribution in [0.3, 0.4) is 0 Å². The molecule has 2 heterocycles. The highest BCUT2D eigenvalue weighted by atomic mass is 32.1. The second-order valence-corrected chi connectivity index (χ2v) is 5.51. The van der Waals surface area contributed by atoms with Gasteiger partial charge in [0.2, 0.25) is 0 Å². The van der Waals surface area contributed by atoms with E-state index in [-0.39, 0.29) is 11.6 Å². The summed E-state index contributed by atoms with van der Waals surface area (Å²) in [5.74, 6) is 0.340. The van der Waals surface area contributed by atoms with E-state index in [2.05, 4.69) is 17.4 Å². The van der Waals surface area contributed by atoms with Gasteiger partial charge in [0.15, 0.2) is 11.5 Å². The summed E-state index contributed by atoms with van der Waals surface area (Å²) in [6.45, 7) is 2.08. The molecule has 3 aromatic rings. The van der Waals surface area contributed by atoms with Crippen LogP contribution < -0.4 is 5.32 Å². The first kappa shape index (κ1) is 13.6. The summed E-state index contributed by atoms with van der Waals surface area (Å²) in [6, 6.07) is 13.3. The predicted octanol–water partition coefficient (Wildman–Crippen LogP) is 4.22. The zero-order valence-electron chi connectivity index (χ0n) is 11.5. The van der Waals surface area contributed by atoms with Crippen LogP contribution in [-0.4, -0.2) is 11.1 Å². The molecular weight excluding hydrogens is 284 g/mol. The minimum absolute atomic E-state index is 0.269. The highest BCUT2D eigenvalue weighted by Gasteiger charge is 2.14. The molecule has 106 valence electrons. The average Bonchev–Trinajstić information content (AvgIpc) is 3.18. The maximum Gasteiger partial charge on any atom is 0.277 e. The highest BCUT2D eigenvalue weighted by Crippen LogP contribution is 2.25. The van der Waals surface area contributed by atoms with Crippen LogP contribution in [0.1, 0.15) is 23.0 Å². The quantitative estimate of drug-likeness (QED) is 0.784. The van der Waals surface area contributed by atoms with Crippen molar-refractivity contribution in [3.63, 3.8) is 0 Å². The monoisotopic (exact) mass is 298 g/mol. The van der Waals surface area contributed by atoms with Crippen molar-refractivity contribution in [1.29, 1.82) is 0 Å². The van der Waals surface area contributed by atoms with Crippen molar-refractivity contribution < 1.29 is 9.32 Å². The molecule has 4 nitrogen and oxygen atoms in total. The Bertz CT molecular complexity index is 747. The van der Waals surface area contributed by atoms with E-state index in [0.717, 1.165) is 17.0 Å². The zero-order chi connectivity index (χ0) is 14.7. The lowest BCUT2D eigenvalue weighted by molar-refractivity contribution is 0.101. The van der Waals surface area contributed by atoms with Crippen LogP contribution in [0.2, 0.25) is 0 Å². The third kappa shape index (κ3) is 3.03. The number of carbonyl (C=O) groups excluding carboxylic acids is 1. The van der Waals surface area contributed by atoms with Crippen LogP contribution in [-0.2, 0) is 6.42 Å². The maximum atomic E-state index is 12.2. The number of rotatable bonds is 4. The molecule has 0 unspecified atom stereocenters. The first-order valence-corrected chi connectivity index (χ1v) is 7.55. The SMILES string of the molecule is CCc1cccc(NC(=O)c2cc(-c3cccs3)on2)c1. The molecular formula is C16H14N2O2S. The van der Waals surface area contributed by atoms with Gasteiger partial charge in [0, 0.05) is 11.8 Å². The van der Waals surface area contributed by atoms with E-state index >= 15 is 0 Å². The van der Waals surface area contributed by atoms with E-state index in [4.69, 9.17) is 4.52 Å². The molecule has 0 bridgehead atoms. The lowest BCUT2D eigenvalue weighted by Gasteiger charge is -2.04. The summed E-state index contributed by atoms with van der Waals surface area (Å²) in [5.41, 5.74) is 2.22. The van der Waals surface area contributed by atoms with Gasteiger partial charge in [-0.25, -0.2) is 0 Å². The summed E-state index contributed by atoms with van der Waals surface area (Å²) in [7, 11) is 0. The Morgan fingerprint density at radius 3 is 2.95 bits per heavy atom. The van der Waals surface area contributed by atoms with Crippen LogP contribution in [0.4, 0.5) is 5.69 Å². The molecule has 0 saturated carbocycles. The van der Waals surface area contributed by atoms with Crippen molar-refractivity contribution in [2.45, 2.75) is 13.3 Å². The molecule has 0 atom stereocenters. The van der Waals surface area contributed by atoms with Gasteiger partial charge in [-0.15, -0.1) is 11.3 Å². The summed E-state index contributed by atoms with van der Waals surface area (Å²) in [5, 5.41) is 8.62. The van der Waals surface area contributed by atoms with E-state index < -0.39 is 0 Å². The van der Waals surface area contributed by atoms with E-state index in [1.807, 2.05) is 41.8 Å². The summed E-state index contributed by atoms with van der Waals surface area (Å²) >= 11 is 1.54. The fraction of sp³-hybridized carbons (Fsp3) is 0.125. The van der Waals surface area contributed by atoms with Crippen molar-refractivity contribution in [3.05, 3.63) is 59.1 Å². The molecule has 0 fully saturated rings. The average molecular weight is 298 g/mol. The smallest absolute Gasteiger partial charge is 0.277 e. The molecule has 0 aliphatic carbocycles. The molecule has 0 radical (unpaired) electrons. The topological polar surface area (TPSA) is 55.1 Å². The lowest BCUT2D eigenvalue weighted by Crippen LogP contribution is -2.12. The fourth-order valence-electron chi connectivity index (χ4n) is 1.98. The van der Waals surface area contributed by atoms with E-state index in [9.17, 15) is 4.79 Å². The Morgan fingerprint density at radius 2 is 2.19 bits per heavy atom. The lowest BCUT2D eigenvalue weighted by atomic mass is 10.1. The highest BCUT2D eigenvalue weighted by molar-refractivity contribution is 7.13. The number of nitrogens with zero attached hydrogens (tertiary/aromatic N) is 1. The van der Waals surface area contributed by atoms with Crippen LogP contribution in [0.5, 0.6) is 0 Å². The Balaban J connectivity index is 1.76. The number of thiophene rings is 1. The van der Waals surface area contributed by atoms with Crippen molar-refractivity contribution in [1.82, 2.24) is 5.16 Å². The van der Waals surface area contributed by atoms with E-state index in [1.54, 1.807) is 17.4 Å². The molecule has 0 aliphatic heterocycles. The second-order valence-electron chi connectivity index (χ2n) is 4.56. The molecule has 3 rings (SSSR count). The third-order valence-corrected chi connectivity index (χ3v) is 3.98. The van der Waals surface area contributed by atoms with Crippen LogP contribution in [0, 0.1) is 0 Å². The molecule has 0 aliphatic rings. The van der Waals surface area contributed by atoms with Gasteiger partial charge in [0.25, 0.3) is 5.91 Å². The first-order valence-electron chi connectivity index (χ1n) is 6.67. The molecule has 0 spiro atoms. The number of aromatic nitrogens is 1. The van der Waals surface area contributed by atoms with Crippen LogP contribution in [0.25, 0.3) is 10.6 Å². The van der Waals surface area contributed by atoms with Gasteiger partial charge in [-0.3, -0.25) is 4.79 Å². The number of anilines is 1. The van der Waals surface area contributed by atoms with Gasteiger partial charge in [-0.05, 0) is 35.6 Å².